The van der Waals surface area contributed by atoms with Gasteiger partial charge >= 0.3 is 0 Å². The standard InChI is InChI=1S/C16H19N3OS/c1-10-5-6-14(7-11(10)2)12(3)18-19-16(20)8-15-9-21-13(4)17-15/h5-7,9H,8H2,1-4H3,(H,19,20). The fraction of sp³-hybridized carbons (Fsp3) is 0.312. The van der Waals surface area contributed by atoms with Crippen molar-refractivity contribution in [1.82, 2.24) is 10.4 Å². The molecular formula is C16H19N3OS. The molecular weight excluding hydrogens is 282 g/mol. The van der Waals surface area contributed by atoms with Crippen molar-refractivity contribution in [3.8, 4) is 0 Å². The van der Waals surface area contributed by atoms with Crippen molar-refractivity contribution in [2.24, 2.45) is 5.10 Å². The van der Waals surface area contributed by atoms with Crippen LogP contribution in [0.3, 0.4) is 0 Å². The molecule has 21 heavy (non-hydrogen) atoms. The maximum absolute atomic E-state index is 11.8. The molecule has 0 unspecified atom stereocenters. The Morgan fingerprint density at radius 2 is 2.05 bits per heavy atom. The first-order valence-electron chi connectivity index (χ1n) is 6.77. The highest BCUT2D eigenvalue weighted by molar-refractivity contribution is 7.09. The minimum atomic E-state index is -0.150. The van der Waals surface area contributed by atoms with E-state index in [1.54, 1.807) is 11.3 Å². The van der Waals surface area contributed by atoms with Crippen molar-refractivity contribution in [3.63, 3.8) is 0 Å². The number of nitrogens with zero attached hydrogens (tertiary/aromatic N) is 2. The molecule has 1 amide bonds. The predicted molar refractivity (Wildman–Crippen MR) is 86.8 cm³/mol. The second-order valence-electron chi connectivity index (χ2n) is 5.07. The topological polar surface area (TPSA) is 54.4 Å². The Kier molecular flexibility index (Phi) is 4.85. The number of hydrogen-bond acceptors (Lipinski definition) is 4. The lowest BCUT2D eigenvalue weighted by Gasteiger charge is -2.05. The smallest absolute Gasteiger partial charge is 0.246 e. The molecule has 0 saturated heterocycles. The zero-order valence-corrected chi connectivity index (χ0v) is 13.5. The molecule has 0 atom stereocenters. The molecule has 0 aliphatic rings. The average Bonchev–Trinajstić information content (AvgIpc) is 2.84. The molecule has 5 heteroatoms. The molecule has 0 bridgehead atoms. The molecule has 1 N–H and O–H groups in total. The minimum Gasteiger partial charge on any atom is -0.273 e. The van der Waals surface area contributed by atoms with Gasteiger partial charge in [-0.3, -0.25) is 4.79 Å². The van der Waals surface area contributed by atoms with Gasteiger partial charge < -0.3 is 0 Å². The van der Waals surface area contributed by atoms with Crippen LogP contribution in [0.1, 0.15) is 34.3 Å². The highest BCUT2D eigenvalue weighted by atomic mass is 32.1. The number of aryl methyl sites for hydroxylation is 3. The van der Waals surface area contributed by atoms with E-state index in [9.17, 15) is 4.79 Å². The molecule has 1 aromatic heterocycles. The number of amides is 1. The maximum Gasteiger partial charge on any atom is 0.246 e. The summed E-state index contributed by atoms with van der Waals surface area (Å²) in [6.45, 7) is 7.95. The van der Waals surface area contributed by atoms with Gasteiger partial charge in [-0.2, -0.15) is 5.10 Å². The van der Waals surface area contributed by atoms with Gasteiger partial charge in [0, 0.05) is 5.38 Å². The van der Waals surface area contributed by atoms with Crippen molar-refractivity contribution >= 4 is 23.0 Å². The van der Waals surface area contributed by atoms with Crippen LogP contribution < -0.4 is 5.43 Å². The summed E-state index contributed by atoms with van der Waals surface area (Å²) < 4.78 is 0. The molecule has 2 rings (SSSR count). The van der Waals surface area contributed by atoms with E-state index in [4.69, 9.17) is 0 Å². The normalized spacial score (nSPS) is 11.5. The molecule has 0 saturated carbocycles. The second kappa shape index (κ2) is 6.63. The zero-order chi connectivity index (χ0) is 15.4. The number of nitrogens with one attached hydrogen (secondary N) is 1. The number of hydrazone groups is 1. The van der Waals surface area contributed by atoms with Crippen LogP contribution in [0, 0.1) is 20.8 Å². The summed E-state index contributed by atoms with van der Waals surface area (Å²) in [5.74, 6) is -0.150. The average molecular weight is 301 g/mol. The largest absolute Gasteiger partial charge is 0.273 e. The van der Waals surface area contributed by atoms with Crippen LogP contribution in [-0.2, 0) is 11.2 Å². The van der Waals surface area contributed by atoms with Gasteiger partial charge in [-0.25, -0.2) is 10.4 Å². The minimum absolute atomic E-state index is 0.150. The molecule has 110 valence electrons. The van der Waals surface area contributed by atoms with E-state index in [0.29, 0.717) is 0 Å². The Bertz CT molecular complexity index is 689. The van der Waals surface area contributed by atoms with Gasteiger partial charge in [-0.05, 0) is 50.5 Å². The molecule has 1 heterocycles. The van der Waals surface area contributed by atoms with Crippen LogP contribution in [-0.4, -0.2) is 16.6 Å². The van der Waals surface area contributed by atoms with Crippen molar-refractivity contribution < 1.29 is 4.79 Å². The Morgan fingerprint density at radius 3 is 2.67 bits per heavy atom. The number of aromatic nitrogens is 1. The zero-order valence-electron chi connectivity index (χ0n) is 12.7. The Hall–Kier alpha value is -2.01. The molecule has 0 fully saturated rings. The van der Waals surface area contributed by atoms with Gasteiger partial charge in [-0.1, -0.05) is 12.1 Å². The fourth-order valence-electron chi connectivity index (χ4n) is 1.87. The summed E-state index contributed by atoms with van der Waals surface area (Å²) in [7, 11) is 0. The van der Waals surface area contributed by atoms with Crippen LogP contribution in [0.2, 0.25) is 0 Å². The quantitative estimate of drug-likeness (QED) is 0.696. The van der Waals surface area contributed by atoms with Crippen molar-refractivity contribution in [3.05, 3.63) is 51.0 Å². The Labute approximate surface area is 128 Å². The Balaban J connectivity index is 1.99. The molecule has 0 aliphatic carbocycles. The Morgan fingerprint density at radius 1 is 1.29 bits per heavy atom. The lowest BCUT2D eigenvalue weighted by molar-refractivity contribution is -0.120. The number of carbonyl (C=O) groups excluding carboxylic acids is 1. The molecule has 0 radical (unpaired) electrons. The molecule has 1 aromatic carbocycles. The van der Waals surface area contributed by atoms with E-state index in [-0.39, 0.29) is 12.3 Å². The van der Waals surface area contributed by atoms with Crippen LogP contribution in [0.25, 0.3) is 0 Å². The maximum atomic E-state index is 11.8. The number of hydrogen-bond donors (Lipinski definition) is 1. The van der Waals surface area contributed by atoms with Crippen molar-refractivity contribution in [1.29, 1.82) is 0 Å². The molecule has 2 aromatic rings. The van der Waals surface area contributed by atoms with Gasteiger partial charge in [0.15, 0.2) is 0 Å². The van der Waals surface area contributed by atoms with Crippen LogP contribution in [0.4, 0.5) is 0 Å². The SMILES string of the molecule is CC(=NNC(=O)Cc1csc(C)n1)c1ccc(C)c(C)c1. The monoisotopic (exact) mass is 301 g/mol. The van der Waals surface area contributed by atoms with E-state index in [0.717, 1.165) is 22.0 Å². The van der Waals surface area contributed by atoms with E-state index in [1.165, 1.54) is 11.1 Å². The van der Waals surface area contributed by atoms with Gasteiger partial charge in [0.25, 0.3) is 0 Å². The van der Waals surface area contributed by atoms with Crippen LogP contribution in [0.15, 0.2) is 28.7 Å². The summed E-state index contributed by atoms with van der Waals surface area (Å²) >= 11 is 1.54. The van der Waals surface area contributed by atoms with E-state index >= 15 is 0 Å². The summed E-state index contributed by atoms with van der Waals surface area (Å²) in [6.07, 6.45) is 0.258. The highest BCUT2D eigenvalue weighted by Gasteiger charge is 2.06. The van der Waals surface area contributed by atoms with Crippen LogP contribution in [0.5, 0.6) is 0 Å². The number of thiazole rings is 1. The number of carbonyl (C=O) groups is 1. The summed E-state index contributed by atoms with van der Waals surface area (Å²) in [5, 5.41) is 7.02. The van der Waals surface area contributed by atoms with E-state index in [2.05, 4.69) is 41.5 Å². The fourth-order valence-corrected chi connectivity index (χ4v) is 2.48. The van der Waals surface area contributed by atoms with Gasteiger partial charge in [-0.15, -0.1) is 11.3 Å². The highest BCUT2D eigenvalue weighted by Crippen LogP contribution is 2.11. The van der Waals surface area contributed by atoms with Gasteiger partial charge in [0.1, 0.15) is 0 Å². The second-order valence-corrected chi connectivity index (χ2v) is 6.13. The first-order chi connectivity index (χ1) is 9.95. The van der Waals surface area contributed by atoms with Crippen molar-refractivity contribution in [2.75, 3.05) is 0 Å². The predicted octanol–water partition coefficient (Wildman–Crippen LogP) is 3.15. The van der Waals surface area contributed by atoms with Gasteiger partial charge in [0.05, 0.1) is 22.8 Å². The third-order valence-electron chi connectivity index (χ3n) is 3.28. The van der Waals surface area contributed by atoms with E-state index in [1.807, 2.05) is 25.3 Å². The third-order valence-corrected chi connectivity index (χ3v) is 4.10. The van der Waals surface area contributed by atoms with Gasteiger partial charge in [0.2, 0.25) is 5.91 Å². The first-order valence-corrected chi connectivity index (χ1v) is 7.65. The number of benzene rings is 1. The van der Waals surface area contributed by atoms with Crippen molar-refractivity contribution in [2.45, 2.75) is 34.1 Å². The third kappa shape index (κ3) is 4.23. The summed E-state index contributed by atoms with van der Waals surface area (Å²) in [6, 6.07) is 6.14. The molecule has 0 spiro atoms. The lowest BCUT2D eigenvalue weighted by Crippen LogP contribution is -2.21. The van der Waals surface area contributed by atoms with Crippen LogP contribution >= 0.6 is 11.3 Å². The molecule has 0 aliphatic heterocycles. The lowest BCUT2D eigenvalue weighted by atomic mass is 10.0. The summed E-state index contributed by atoms with van der Waals surface area (Å²) in [5.41, 5.74) is 7.64. The first kappa shape index (κ1) is 15.4. The van der Waals surface area contributed by atoms with E-state index < -0.39 is 0 Å². The number of rotatable bonds is 4. The molecule has 4 nitrogen and oxygen atoms in total. The summed E-state index contributed by atoms with van der Waals surface area (Å²) in [4.78, 5) is 16.1.